The molecule has 1 atom stereocenters. The first-order valence-electron chi connectivity index (χ1n) is 6.90. The van der Waals surface area contributed by atoms with Crippen molar-refractivity contribution in [3.63, 3.8) is 0 Å². The van der Waals surface area contributed by atoms with Crippen LogP contribution < -0.4 is 10.6 Å². The summed E-state index contributed by atoms with van der Waals surface area (Å²) < 4.78 is 12.8. The number of hydrogen-bond acceptors (Lipinski definition) is 2. The minimum atomic E-state index is -0.279. The molecule has 1 amide bonds. The molecule has 1 aromatic carbocycles. The van der Waals surface area contributed by atoms with Crippen LogP contribution in [0.4, 0.5) is 4.39 Å². The van der Waals surface area contributed by atoms with E-state index >= 15 is 0 Å². The molecule has 0 aliphatic carbocycles. The van der Waals surface area contributed by atoms with Crippen LogP contribution in [0.3, 0.4) is 0 Å². The van der Waals surface area contributed by atoms with Crippen LogP contribution in [0, 0.1) is 11.2 Å². The first-order valence-corrected chi connectivity index (χ1v) is 6.90. The van der Waals surface area contributed by atoms with Gasteiger partial charge in [0, 0.05) is 13.1 Å². The molecule has 3 nitrogen and oxygen atoms in total. The van der Waals surface area contributed by atoms with Crippen LogP contribution >= 0.6 is 0 Å². The predicted octanol–water partition coefficient (Wildman–Crippen LogP) is 2.22. The molecule has 0 radical (unpaired) electrons. The summed E-state index contributed by atoms with van der Waals surface area (Å²) >= 11 is 0. The second-order valence-electron chi connectivity index (χ2n) is 5.22. The summed E-state index contributed by atoms with van der Waals surface area (Å²) in [6, 6.07) is 6.24. The van der Waals surface area contributed by atoms with E-state index in [0.717, 1.165) is 37.9 Å². The lowest BCUT2D eigenvalue weighted by Crippen LogP contribution is -2.50. The highest BCUT2D eigenvalue weighted by Crippen LogP contribution is 2.30. The van der Waals surface area contributed by atoms with Crippen LogP contribution in [0.2, 0.25) is 0 Å². The zero-order chi connectivity index (χ0) is 13.7. The van der Waals surface area contributed by atoms with E-state index in [1.807, 2.05) is 0 Å². The molecule has 4 heteroatoms. The van der Waals surface area contributed by atoms with Gasteiger partial charge in [-0.3, -0.25) is 4.79 Å². The molecule has 0 spiro atoms. The lowest BCUT2D eigenvalue weighted by Gasteiger charge is -2.35. The molecule has 1 saturated heterocycles. The van der Waals surface area contributed by atoms with Gasteiger partial charge in [0.05, 0.1) is 5.41 Å². The normalized spacial score (nSPS) is 23.1. The van der Waals surface area contributed by atoms with Gasteiger partial charge in [0.2, 0.25) is 5.91 Å². The van der Waals surface area contributed by atoms with Crippen molar-refractivity contribution in [2.75, 3.05) is 13.1 Å². The molecule has 19 heavy (non-hydrogen) atoms. The molecular formula is C15H21FN2O. The Morgan fingerprint density at radius 1 is 1.42 bits per heavy atom. The Morgan fingerprint density at radius 3 is 2.74 bits per heavy atom. The Labute approximate surface area is 113 Å². The van der Waals surface area contributed by atoms with Gasteiger partial charge in [0.15, 0.2) is 0 Å². The van der Waals surface area contributed by atoms with Gasteiger partial charge >= 0.3 is 0 Å². The molecule has 1 heterocycles. The first kappa shape index (κ1) is 14.0. The van der Waals surface area contributed by atoms with E-state index in [0.29, 0.717) is 6.54 Å². The molecule has 1 unspecified atom stereocenters. The van der Waals surface area contributed by atoms with Gasteiger partial charge in [0.25, 0.3) is 0 Å². The third kappa shape index (κ3) is 3.32. The number of halogens is 1. The van der Waals surface area contributed by atoms with Crippen molar-refractivity contribution in [1.82, 2.24) is 10.6 Å². The van der Waals surface area contributed by atoms with E-state index in [2.05, 4.69) is 17.6 Å². The lowest BCUT2D eigenvalue weighted by molar-refractivity contribution is -0.132. The standard InChI is InChI=1S/C15H21FN2O/c1-2-15(8-3-9-17-11-15)14(19)18-10-12-4-6-13(16)7-5-12/h4-7,17H,2-3,8-11H2,1H3,(H,18,19). The van der Waals surface area contributed by atoms with Crippen LogP contribution in [0.25, 0.3) is 0 Å². The highest BCUT2D eigenvalue weighted by molar-refractivity contribution is 5.83. The van der Waals surface area contributed by atoms with Crippen molar-refractivity contribution in [1.29, 1.82) is 0 Å². The molecule has 0 saturated carbocycles. The van der Waals surface area contributed by atoms with Crippen molar-refractivity contribution in [3.8, 4) is 0 Å². The summed E-state index contributed by atoms with van der Waals surface area (Å²) in [5.41, 5.74) is 0.642. The second-order valence-corrected chi connectivity index (χ2v) is 5.22. The third-order valence-corrected chi connectivity index (χ3v) is 4.00. The van der Waals surface area contributed by atoms with Crippen molar-refractivity contribution >= 4 is 5.91 Å². The number of hydrogen-bond donors (Lipinski definition) is 2. The Kier molecular flexibility index (Phi) is 4.53. The molecule has 104 valence electrons. The fraction of sp³-hybridized carbons (Fsp3) is 0.533. The van der Waals surface area contributed by atoms with Crippen molar-refractivity contribution in [3.05, 3.63) is 35.6 Å². The predicted molar refractivity (Wildman–Crippen MR) is 73.1 cm³/mol. The van der Waals surface area contributed by atoms with Crippen molar-refractivity contribution < 1.29 is 9.18 Å². The number of nitrogens with one attached hydrogen (secondary N) is 2. The van der Waals surface area contributed by atoms with E-state index in [9.17, 15) is 9.18 Å². The van der Waals surface area contributed by atoms with Crippen molar-refractivity contribution in [2.45, 2.75) is 32.7 Å². The smallest absolute Gasteiger partial charge is 0.227 e. The number of benzene rings is 1. The monoisotopic (exact) mass is 264 g/mol. The van der Waals surface area contributed by atoms with Gasteiger partial charge in [-0.1, -0.05) is 19.1 Å². The van der Waals surface area contributed by atoms with Gasteiger partial charge in [-0.25, -0.2) is 4.39 Å². The van der Waals surface area contributed by atoms with Crippen LogP contribution in [0.1, 0.15) is 31.7 Å². The lowest BCUT2D eigenvalue weighted by atomic mass is 9.77. The summed E-state index contributed by atoms with van der Waals surface area (Å²) in [5.74, 6) is -0.150. The quantitative estimate of drug-likeness (QED) is 0.875. The average molecular weight is 264 g/mol. The molecular weight excluding hydrogens is 243 g/mol. The van der Waals surface area contributed by atoms with Gasteiger partial charge in [-0.2, -0.15) is 0 Å². The number of carbonyl (C=O) groups excluding carboxylic acids is 1. The molecule has 2 N–H and O–H groups in total. The second kappa shape index (κ2) is 6.15. The summed E-state index contributed by atoms with van der Waals surface area (Å²) in [4.78, 5) is 12.4. The molecule has 1 fully saturated rings. The van der Waals surface area contributed by atoms with Crippen LogP contribution in [0.15, 0.2) is 24.3 Å². The van der Waals surface area contributed by atoms with Crippen LogP contribution in [-0.4, -0.2) is 19.0 Å². The fourth-order valence-corrected chi connectivity index (χ4v) is 2.60. The maximum atomic E-state index is 12.8. The van der Waals surface area contributed by atoms with E-state index in [1.54, 1.807) is 12.1 Å². The summed E-state index contributed by atoms with van der Waals surface area (Å²) in [5, 5.41) is 6.28. The minimum Gasteiger partial charge on any atom is -0.352 e. The Hall–Kier alpha value is -1.42. The molecule has 1 aliphatic rings. The number of amides is 1. The molecule has 0 aromatic heterocycles. The number of rotatable bonds is 4. The van der Waals surface area contributed by atoms with Gasteiger partial charge in [-0.15, -0.1) is 0 Å². The van der Waals surface area contributed by atoms with Gasteiger partial charge < -0.3 is 10.6 Å². The van der Waals surface area contributed by atoms with E-state index < -0.39 is 0 Å². The maximum Gasteiger partial charge on any atom is 0.227 e. The SMILES string of the molecule is CCC1(C(=O)NCc2ccc(F)cc2)CCCNC1. The molecule has 2 rings (SSSR count). The Balaban J connectivity index is 1.94. The highest BCUT2D eigenvalue weighted by Gasteiger charge is 2.37. The largest absolute Gasteiger partial charge is 0.352 e. The number of carbonyl (C=O) groups is 1. The minimum absolute atomic E-state index is 0.103. The zero-order valence-corrected chi connectivity index (χ0v) is 11.3. The summed E-state index contributed by atoms with van der Waals surface area (Å²) in [7, 11) is 0. The van der Waals surface area contributed by atoms with Crippen molar-refractivity contribution in [2.24, 2.45) is 5.41 Å². The maximum absolute atomic E-state index is 12.8. The highest BCUT2D eigenvalue weighted by atomic mass is 19.1. The number of piperidine rings is 1. The van der Waals surface area contributed by atoms with Gasteiger partial charge in [-0.05, 0) is 43.5 Å². The molecule has 0 bridgehead atoms. The summed E-state index contributed by atoms with van der Waals surface area (Å²) in [6.45, 7) is 4.26. The Morgan fingerprint density at radius 2 is 2.16 bits per heavy atom. The van der Waals surface area contributed by atoms with E-state index in [-0.39, 0.29) is 17.1 Å². The van der Waals surface area contributed by atoms with E-state index in [4.69, 9.17) is 0 Å². The van der Waals surface area contributed by atoms with Crippen LogP contribution in [0.5, 0.6) is 0 Å². The zero-order valence-electron chi connectivity index (χ0n) is 11.3. The molecule has 1 aliphatic heterocycles. The Bertz CT molecular complexity index is 424. The average Bonchev–Trinajstić information content (AvgIpc) is 2.47. The fourth-order valence-electron chi connectivity index (χ4n) is 2.60. The molecule has 1 aromatic rings. The third-order valence-electron chi connectivity index (χ3n) is 4.00. The first-order chi connectivity index (χ1) is 9.16. The summed E-state index contributed by atoms with van der Waals surface area (Å²) in [6.07, 6.45) is 2.82. The van der Waals surface area contributed by atoms with Gasteiger partial charge in [0.1, 0.15) is 5.82 Å². The van der Waals surface area contributed by atoms with Crippen LogP contribution in [-0.2, 0) is 11.3 Å². The van der Waals surface area contributed by atoms with E-state index in [1.165, 1.54) is 12.1 Å². The topological polar surface area (TPSA) is 41.1 Å².